The molecule has 136 valence electrons. The fourth-order valence-corrected chi connectivity index (χ4v) is 4.26. The lowest BCUT2D eigenvalue weighted by atomic mass is 9.83. The van der Waals surface area contributed by atoms with Crippen molar-refractivity contribution in [2.24, 2.45) is 0 Å². The van der Waals surface area contributed by atoms with Crippen LogP contribution in [0.5, 0.6) is 0 Å². The molecule has 3 fully saturated rings. The Morgan fingerprint density at radius 3 is 2.48 bits per heavy atom. The smallest absolute Gasteiger partial charge is 0.240 e. The molecule has 3 aliphatic rings. The second kappa shape index (κ2) is 6.33. The number of aromatic nitrogens is 2. The molecule has 0 unspecified atom stereocenters. The predicted molar refractivity (Wildman–Crippen MR) is 97.7 cm³/mol. The van der Waals surface area contributed by atoms with Gasteiger partial charge in [0.2, 0.25) is 11.9 Å². The standard InChI is InChI=1S/C17H27N7O/c1-22-11-6-19-15(25)17(22)4-9-23(10-5-17)14-12-13(18)20-16(21-14)24-7-2-3-8-24/h12H,2-11H2,1H3,(H,19,25)(H2,18,20,21). The van der Waals surface area contributed by atoms with Crippen LogP contribution in [-0.4, -0.2) is 72.6 Å². The summed E-state index contributed by atoms with van der Waals surface area (Å²) in [5.41, 5.74) is 5.67. The van der Waals surface area contributed by atoms with E-state index in [4.69, 9.17) is 10.7 Å². The first-order valence-electron chi connectivity index (χ1n) is 9.22. The van der Waals surface area contributed by atoms with E-state index < -0.39 is 0 Å². The van der Waals surface area contributed by atoms with E-state index in [0.717, 1.165) is 63.9 Å². The number of hydrogen-bond donors (Lipinski definition) is 2. The molecule has 8 heteroatoms. The monoisotopic (exact) mass is 345 g/mol. The summed E-state index contributed by atoms with van der Waals surface area (Å²) in [7, 11) is 2.06. The van der Waals surface area contributed by atoms with Crippen LogP contribution < -0.4 is 20.9 Å². The molecule has 0 saturated carbocycles. The number of nitrogens with two attached hydrogens (primary N) is 1. The van der Waals surface area contributed by atoms with Gasteiger partial charge in [0.05, 0.1) is 0 Å². The number of likely N-dealkylation sites (N-methyl/N-ethyl adjacent to an activating group) is 1. The number of nitrogen functional groups attached to an aromatic ring is 1. The molecule has 4 heterocycles. The van der Waals surface area contributed by atoms with Gasteiger partial charge in [-0.05, 0) is 32.7 Å². The van der Waals surface area contributed by atoms with E-state index in [1.165, 1.54) is 12.8 Å². The number of carbonyl (C=O) groups is 1. The first-order valence-corrected chi connectivity index (χ1v) is 9.22. The average Bonchev–Trinajstić information content (AvgIpc) is 3.14. The summed E-state index contributed by atoms with van der Waals surface area (Å²) in [6.45, 7) is 5.24. The molecular formula is C17H27N7O. The maximum atomic E-state index is 12.5. The van der Waals surface area contributed by atoms with Gasteiger partial charge in [0, 0.05) is 45.3 Å². The molecule has 3 saturated heterocycles. The topological polar surface area (TPSA) is 90.6 Å². The van der Waals surface area contributed by atoms with Gasteiger partial charge in [0.25, 0.3) is 0 Å². The number of nitrogens with one attached hydrogen (secondary N) is 1. The lowest BCUT2D eigenvalue weighted by Crippen LogP contribution is -2.67. The Kier molecular flexibility index (Phi) is 4.15. The van der Waals surface area contributed by atoms with Crippen LogP contribution in [0, 0.1) is 0 Å². The minimum atomic E-state index is -0.370. The Bertz CT molecular complexity index is 650. The van der Waals surface area contributed by atoms with Crippen molar-refractivity contribution in [2.45, 2.75) is 31.2 Å². The van der Waals surface area contributed by atoms with Crippen LogP contribution >= 0.6 is 0 Å². The zero-order valence-electron chi connectivity index (χ0n) is 14.9. The Morgan fingerprint density at radius 2 is 1.80 bits per heavy atom. The van der Waals surface area contributed by atoms with Crippen LogP contribution in [0.15, 0.2) is 6.07 Å². The second-order valence-electron chi connectivity index (χ2n) is 7.34. The number of amides is 1. The predicted octanol–water partition coefficient (Wildman–Crippen LogP) is 0.0596. The van der Waals surface area contributed by atoms with Gasteiger partial charge in [-0.3, -0.25) is 9.69 Å². The van der Waals surface area contributed by atoms with Crippen molar-refractivity contribution in [3.05, 3.63) is 6.07 Å². The molecule has 8 nitrogen and oxygen atoms in total. The highest BCUT2D eigenvalue weighted by molar-refractivity contribution is 5.87. The second-order valence-corrected chi connectivity index (χ2v) is 7.34. The Morgan fingerprint density at radius 1 is 1.08 bits per heavy atom. The van der Waals surface area contributed by atoms with Gasteiger partial charge in [-0.2, -0.15) is 9.97 Å². The van der Waals surface area contributed by atoms with Crippen LogP contribution in [0.2, 0.25) is 0 Å². The highest BCUT2D eigenvalue weighted by Crippen LogP contribution is 2.32. The summed E-state index contributed by atoms with van der Waals surface area (Å²) >= 11 is 0. The van der Waals surface area contributed by atoms with Crippen molar-refractivity contribution in [3.63, 3.8) is 0 Å². The summed E-state index contributed by atoms with van der Waals surface area (Å²) in [4.78, 5) is 28.3. The molecule has 1 amide bonds. The summed E-state index contributed by atoms with van der Waals surface area (Å²) in [6.07, 6.45) is 3.97. The maximum absolute atomic E-state index is 12.5. The van der Waals surface area contributed by atoms with E-state index in [2.05, 4.69) is 32.0 Å². The fraction of sp³-hybridized carbons (Fsp3) is 0.706. The Balaban J connectivity index is 1.51. The first kappa shape index (κ1) is 16.4. The van der Waals surface area contributed by atoms with Crippen molar-refractivity contribution >= 4 is 23.5 Å². The Labute approximate surface area is 148 Å². The normalized spacial score (nSPS) is 24.0. The number of piperazine rings is 1. The van der Waals surface area contributed by atoms with Crippen molar-refractivity contribution in [3.8, 4) is 0 Å². The largest absolute Gasteiger partial charge is 0.383 e. The summed E-state index contributed by atoms with van der Waals surface area (Å²) in [5, 5.41) is 3.03. The Hall–Kier alpha value is -2.09. The molecule has 3 aliphatic heterocycles. The molecule has 0 bridgehead atoms. The van der Waals surface area contributed by atoms with Crippen LogP contribution in [-0.2, 0) is 4.79 Å². The van der Waals surface area contributed by atoms with Gasteiger partial charge in [-0.25, -0.2) is 0 Å². The van der Waals surface area contributed by atoms with Crippen molar-refractivity contribution < 1.29 is 4.79 Å². The van der Waals surface area contributed by atoms with Gasteiger partial charge >= 0.3 is 0 Å². The summed E-state index contributed by atoms with van der Waals surface area (Å²) in [5.74, 6) is 2.30. The molecule has 0 atom stereocenters. The van der Waals surface area contributed by atoms with Gasteiger partial charge in [0.1, 0.15) is 17.2 Å². The molecule has 3 N–H and O–H groups in total. The van der Waals surface area contributed by atoms with E-state index in [1.807, 2.05) is 6.07 Å². The fourth-order valence-electron chi connectivity index (χ4n) is 4.26. The lowest BCUT2D eigenvalue weighted by molar-refractivity contribution is -0.137. The summed E-state index contributed by atoms with van der Waals surface area (Å²) < 4.78 is 0. The van der Waals surface area contributed by atoms with Crippen LogP contribution in [0.3, 0.4) is 0 Å². The summed E-state index contributed by atoms with van der Waals surface area (Å²) in [6, 6.07) is 1.85. The number of carbonyl (C=O) groups excluding carboxylic acids is 1. The maximum Gasteiger partial charge on any atom is 0.240 e. The quantitative estimate of drug-likeness (QED) is 0.783. The highest BCUT2D eigenvalue weighted by Gasteiger charge is 2.46. The van der Waals surface area contributed by atoms with Gasteiger partial charge < -0.3 is 20.9 Å². The molecule has 25 heavy (non-hydrogen) atoms. The molecule has 1 aromatic rings. The van der Waals surface area contributed by atoms with Gasteiger partial charge in [-0.15, -0.1) is 0 Å². The minimum Gasteiger partial charge on any atom is -0.383 e. The number of piperidine rings is 1. The molecule has 0 aliphatic carbocycles. The van der Waals surface area contributed by atoms with E-state index >= 15 is 0 Å². The molecule has 0 radical (unpaired) electrons. The third kappa shape index (κ3) is 2.88. The third-order valence-electron chi connectivity index (χ3n) is 5.91. The third-order valence-corrected chi connectivity index (χ3v) is 5.91. The molecule has 1 spiro atoms. The molecule has 1 aromatic heterocycles. The molecule has 4 rings (SSSR count). The number of hydrogen-bond acceptors (Lipinski definition) is 7. The first-order chi connectivity index (χ1) is 12.1. The van der Waals surface area contributed by atoms with E-state index in [-0.39, 0.29) is 11.4 Å². The zero-order chi connectivity index (χ0) is 17.4. The SMILES string of the molecule is CN1CCNC(=O)C12CCN(c1cc(N)nc(N3CCCC3)n1)CC2. The molecule has 0 aromatic carbocycles. The number of nitrogens with zero attached hydrogens (tertiary/aromatic N) is 5. The van der Waals surface area contributed by atoms with Crippen molar-refractivity contribution in [1.82, 2.24) is 20.2 Å². The zero-order valence-corrected chi connectivity index (χ0v) is 14.9. The van der Waals surface area contributed by atoms with E-state index in [1.54, 1.807) is 0 Å². The lowest BCUT2D eigenvalue weighted by Gasteiger charge is -2.48. The van der Waals surface area contributed by atoms with Gasteiger partial charge in [-0.1, -0.05) is 0 Å². The van der Waals surface area contributed by atoms with E-state index in [0.29, 0.717) is 5.82 Å². The van der Waals surface area contributed by atoms with E-state index in [9.17, 15) is 4.79 Å². The molecular weight excluding hydrogens is 318 g/mol. The van der Waals surface area contributed by atoms with Crippen LogP contribution in [0.1, 0.15) is 25.7 Å². The highest BCUT2D eigenvalue weighted by atomic mass is 16.2. The van der Waals surface area contributed by atoms with Gasteiger partial charge in [0.15, 0.2) is 0 Å². The minimum absolute atomic E-state index is 0.167. The van der Waals surface area contributed by atoms with Crippen LogP contribution in [0.4, 0.5) is 17.6 Å². The van der Waals surface area contributed by atoms with Crippen molar-refractivity contribution in [2.75, 3.05) is 61.8 Å². The van der Waals surface area contributed by atoms with Crippen LogP contribution in [0.25, 0.3) is 0 Å². The number of anilines is 3. The average molecular weight is 345 g/mol. The number of rotatable bonds is 2. The van der Waals surface area contributed by atoms with Crippen molar-refractivity contribution in [1.29, 1.82) is 0 Å².